The Kier molecular flexibility index (Phi) is 5.89. The number of sulfonamides is 1. The maximum absolute atomic E-state index is 13.0. The summed E-state index contributed by atoms with van der Waals surface area (Å²) in [6, 6.07) is 3.34. The standard InChI is InChI=1S/C16H26N2O4S/c1-5-21-14-12-16(15(22-6-2)11-13(14)3)23(19,20)18-9-7-17(4)8-10-18/h11-12H,5-10H2,1-4H3. The third-order valence-corrected chi connectivity index (χ3v) is 5.84. The Morgan fingerprint density at radius 2 is 1.57 bits per heavy atom. The maximum atomic E-state index is 13.0. The van der Waals surface area contributed by atoms with Gasteiger partial charge in [0.15, 0.2) is 0 Å². The van der Waals surface area contributed by atoms with Gasteiger partial charge in [-0.3, -0.25) is 0 Å². The Labute approximate surface area is 139 Å². The molecular weight excluding hydrogens is 316 g/mol. The molecule has 0 aliphatic carbocycles. The molecule has 0 spiro atoms. The van der Waals surface area contributed by atoms with Crippen molar-refractivity contribution in [3.8, 4) is 11.5 Å². The molecule has 0 amide bonds. The monoisotopic (exact) mass is 342 g/mol. The second-order valence-electron chi connectivity index (χ2n) is 5.64. The van der Waals surface area contributed by atoms with Crippen LogP contribution in [-0.2, 0) is 10.0 Å². The predicted octanol–water partition coefficient (Wildman–Crippen LogP) is 1.73. The van der Waals surface area contributed by atoms with Gasteiger partial charge in [0.1, 0.15) is 16.4 Å². The van der Waals surface area contributed by atoms with Crippen LogP contribution in [0.15, 0.2) is 17.0 Å². The van der Waals surface area contributed by atoms with Crippen molar-refractivity contribution in [2.45, 2.75) is 25.7 Å². The highest BCUT2D eigenvalue weighted by Crippen LogP contribution is 2.34. The number of benzene rings is 1. The van der Waals surface area contributed by atoms with Gasteiger partial charge in [-0.1, -0.05) is 0 Å². The van der Waals surface area contributed by atoms with Gasteiger partial charge in [-0.05, 0) is 39.4 Å². The third kappa shape index (κ3) is 3.97. The fourth-order valence-electron chi connectivity index (χ4n) is 2.59. The lowest BCUT2D eigenvalue weighted by atomic mass is 10.2. The van der Waals surface area contributed by atoms with Crippen molar-refractivity contribution in [3.63, 3.8) is 0 Å². The number of piperazine rings is 1. The highest BCUT2D eigenvalue weighted by molar-refractivity contribution is 7.89. The van der Waals surface area contributed by atoms with Gasteiger partial charge in [0.25, 0.3) is 0 Å². The van der Waals surface area contributed by atoms with E-state index in [1.807, 2.05) is 27.8 Å². The fraction of sp³-hybridized carbons (Fsp3) is 0.625. The van der Waals surface area contributed by atoms with E-state index in [0.29, 0.717) is 37.8 Å². The molecule has 0 radical (unpaired) electrons. The van der Waals surface area contributed by atoms with Crippen LogP contribution in [-0.4, -0.2) is 64.1 Å². The molecule has 0 aromatic heterocycles. The highest BCUT2D eigenvalue weighted by atomic mass is 32.2. The molecule has 1 fully saturated rings. The molecule has 0 saturated carbocycles. The topological polar surface area (TPSA) is 59.1 Å². The van der Waals surface area contributed by atoms with Crippen LogP contribution < -0.4 is 9.47 Å². The minimum absolute atomic E-state index is 0.193. The van der Waals surface area contributed by atoms with Gasteiger partial charge in [0, 0.05) is 32.2 Å². The summed E-state index contributed by atoms with van der Waals surface area (Å²) < 4.78 is 38.7. The average molecular weight is 342 g/mol. The predicted molar refractivity (Wildman–Crippen MR) is 89.8 cm³/mol. The minimum atomic E-state index is -3.59. The first-order chi connectivity index (χ1) is 10.9. The molecule has 1 heterocycles. The van der Waals surface area contributed by atoms with Gasteiger partial charge in [-0.15, -0.1) is 0 Å². The summed E-state index contributed by atoms with van der Waals surface area (Å²) in [6.45, 7) is 8.95. The molecule has 6 nitrogen and oxygen atoms in total. The van der Waals surface area contributed by atoms with E-state index >= 15 is 0 Å². The molecule has 23 heavy (non-hydrogen) atoms. The number of likely N-dealkylation sites (N-methyl/N-ethyl adjacent to an activating group) is 1. The molecule has 0 atom stereocenters. The summed E-state index contributed by atoms with van der Waals surface area (Å²) in [5, 5.41) is 0. The maximum Gasteiger partial charge on any atom is 0.246 e. The SMILES string of the molecule is CCOc1cc(S(=O)(=O)N2CCN(C)CC2)c(OCC)cc1C. The molecule has 2 rings (SSSR count). The van der Waals surface area contributed by atoms with E-state index < -0.39 is 10.0 Å². The number of nitrogens with zero attached hydrogens (tertiary/aromatic N) is 2. The Bertz CT molecular complexity index is 638. The quantitative estimate of drug-likeness (QED) is 0.788. The van der Waals surface area contributed by atoms with Gasteiger partial charge in [-0.25, -0.2) is 8.42 Å². The number of ether oxygens (including phenoxy) is 2. The summed E-state index contributed by atoms with van der Waals surface area (Å²) >= 11 is 0. The van der Waals surface area contributed by atoms with Crippen molar-refractivity contribution in [1.82, 2.24) is 9.21 Å². The van der Waals surface area contributed by atoms with E-state index in [0.717, 1.165) is 18.7 Å². The van der Waals surface area contributed by atoms with E-state index in [4.69, 9.17) is 9.47 Å². The first-order valence-electron chi connectivity index (χ1n) is 7.99. The molecule has 1 aliphatic rings. The average Bonchev–Trinajstić information content (AvgIpc) is 2.50. The second-order valence-corrected chi connectivity index (χ2v) is 7.54. The molecule has 1 aromatic rings. The molecule has 0 unspecified atom stereocenters. The zero-order valence-electron chi connectivity index (χ0n) is 14.3. The first kappa shape index (κ1) is 18.0. The van der Waals surface area contributed by atoms with Crippen LogP contribution in [0.25, 0.3) is 0 Å². The molecule has 1 aliphatic heterocycles. The third-order valence-electron chi connectivity index (χ3n) is 3.92. The molecule has 0 N–H and O–H groups in total. The van der Waals surface area contributed by atoms with E-state index in [-0.39, 0.29) is 4.90 Å². The van der Waals surface area contributed by atoms with Crippen LogP contribution in [0.4, 0.5) is 0 Å². The number of rotatable bonds is 6. The lowest BCUT2D eigenvalue weighted by molar-refractivity contribution is 0.221. The van der Waals surface area contributed by atoms with Crippen LogP contribution in [0.5, 0.6) is 11.5 Å². The Morgan fingerprint density at radius 1 is 1.00 bits per heavy atom. The first-order valence-corrected chi connectivity index (χ1v) is 9.43. The van der Waals surface area contributed by atoms with Gasteiger partial charge in [0.2, 0.25) is 10.0 Å². The largest absolute Gasteiger partial charge is 0.494 e. The van der Waals surface area contributed by atoms with E-state index in [1.165, 1.54) is 4.31 Å². The molecular formula is C16H26N2O4S. The number of hydrogen-bond donors (Lipinski definition) is 0. The van der Waals surface area contributed by atoms with Crippen LogP contribution in [0.3, 0.4) is 0 Å². The zero-order chi connectivity index (χ0) is 17.0. The summed E-state index contributed by atoms with van der Waals surface area (Å²) in [4.78, 5) is 2.31. The van der Waals surface area contributed by atoms with Gasteiger partial charge < -0.3 is 14.4 Å². The van der Waals surface area contributed by atoms with Gasteiger partial charge in [0.05, 0.1) is 13.2 Å². The molecule has 7 heteroatoms. The summed E-state index contributed by atoms with van der Waals surface area (Å²) in [6.07, 6.45) is 0. The van der Waals surface area contributed by atoms with Crippen LogP contribution in [0.2, 0.25) is 0 Å². The smallest absolute Gasteiger partial charge is 0.246 e. The van der Waals surface area contributed by atoms with Gasteiger partial charge >= 0.3 is 0 Å². The Balaban J connectivity index is 2.44. The van der Waals surface area contributed by atoms with Crippen molar-refractivity contribution in [2.24, 2.45) is 0 Å². The molecule has 0 bridgehead atoms. The van der Waals surface area contributed by atoms with Crippen LogP contribution in [0.1, 0.15) is 19.4 Å². The van der Waals surface area contributed by atoms with Crippen molar-refractivity contribution >= 4 is 10.0 Å². The summed E-state index contributed by atoms with van der Waals surface area (Å²) in [7, 11) is -1.60. The summed E-state index contributed by atoms with van der Waals surface area (Å²) in [5.74, 6) is 0.982. The fourth-order valence-corrected chi connectivity index (χ4v) is 4.14. The van der Waals surface area contributed by atoms with E-state index in [9.17, 15) is 8.42 Å². The Morgan fingerprint density at radius 3 is 2.13 bits per heavy atom. The Hall–Kier alpha value is -1.31. The lowest BCUT2D eigenvalue weighted by Gasteiger charge is -2.32. The number of hydrogen-bond acceptors (Lipinski definition) is 5. The molecule has 1 aromatic carbocycles. The van der Waals surface area contributed by atoms with Crippen molar-refractivity contribution in [1.29, 1.82) is 0 Å². The molecule has 1 saturated heterocycles. The minimum Gasteiger partial charge on any atom is -0.494 e. The second kappa shape index (κ2) is 7.51. The van der Waals surface area contributed by atoms with Crippen molar-refractivity contribution < 1.29 is 17.9 Å². The van der Waals surface area contributed by atoms with Crippen LogP contribution >= 0.6 is 0 Å². The van der Waals surface area contributed by atoms with E-state index in [1.54, 1.807) is 12.1 Å². The zero-order valence-corrected chi connectivity index (χ0v) is 15.1. The number of aryl methyl sites for hydroxylation is 1. The van der Waals surface area contributed by atoms with E-state index in [2.05, 4.69) is 4.90 Å². The molecule has 130 valence electrons. The lowest BCUT2D eigenvalue weighted by Crippen LogP contribution is -2.47. The van der Waals surface area contributed by atoms with Gasteiger partial charge in [-0.2, -0.15) is 4.31 Å². The van der Waals surface area contributed by atoms with Crippen molar-refractivity contribution in [2.75, 3.05) is 46.4 Å². The normalized spacial score (nSPS) is 17.2. The highest BCUT2D eigenvalue weighted by Gasteiger charge is 2.31. The van der Waals surface area contributed by atoms with Crippen LogP contribution in [0, 0.1) is 6.92 Å². The van der Waals surface area contributed by atoms with Crippen molar-refractivity contribution in [3.05, 3.63) is 17.7 Å². The summed E-state index contributed by atoms with van der Waals surface area (Å²) in [5.41, 5.74) is 0.868.